The molecule has 5 nitrogen and oxygen atoms in total. The SMILES string of the molecule is COCCCNC(=O)Cn1ccc(C=O)c1. The third-order valence-electron chi connectivity index (χ3n) is 2.08. The first-order valence-electron chi connectivity index (χ1n) is 5.13. The van der Waals surface area contributed by atoms with Crippen LogP contribution >= 0.6 is 0 Å². The zero-order valence-corrected chi connectivity index (χ0v) is 9.31. The van der Waals surface area contributed by atoms with Crippen molar-refractivity contribution in [2.75, 3.05) is 20.3 Å². The van der Waals surface area contributed by atoms with E-state index in [1.165, 1.54) is 0 Å². The molecule has 1 rings (SSSR count). The molecule has 88 valence electrons. The molecule has 0 bridgehead atoms. The molecule has 0 aliphatic carbocycles. The molecule has 0 unspecified atom stereocenters. The number of amides is 1. The number of carbonyl (C=O) groups excluding carboxylic acids is 2. The van der Waals surface area contributed by atoms with Crippen molar-refractivity contribution in [2.24, 2.45) is 0 Å². The fourth-order valence-corrected chi connectivity index (χ4v) is 1.29. The maximum atomic E-state index is 11.4. The molecule has 1 aromatic heterocycles. The molecule has 0 aromatic carbocycles. The highest BCUT2D eigenvalue weighted by Crippen LogP contribution is 1.97. The molecule has 1 heterocycles. The monoisotopic (exact) mass is 224 g/mol. The summed E-state index contributed by atoms with van der Waals surface area (Å²) in [6.45, 7) is 1.48. The highest BCUT2D eigenvalue weighted by atomic mass is 16.5. The van der Waals surface area contributed by atoms with Gasteiger partial charge < -0.3 is 14.6 Å². The minimum absolute atomic E-state index is 0.0656. The zero-order chi connectivity index (χ0) is 11.8. The quantitative estimate of drug-likeness (QED) is 0.540. The molecule has 16 heavy (non-hydrogen) atoms. The van der Waals surface area contributed by atoms with Crippen molar-refractivity contribution in [3.63, 3.8) is 0 Å². The van der Waals surface area contributed by atoms with Gasteiger partial charge in [-0.05, 0) is 12.5 Å². The molecule has 0 atom stereocenters. The predicted octanol–water partition coefficient (Wildman–Crippen LogP) is 0.453. The summed E-state index contributed by atoms with van der Waals surface area (Å²) in [5.74, 6) is -0.0656. The van der Waals surface area contributed by atoms with Crippen LogP contribution in [0, 0.1) is 0 Å². The number of aromatic nitrogens is 1. The normalized spacial score (nSPS) is 10.1. The van der Waals surface area contributed by atoms with Crippen LogP contribution in [-0.4, -0.2) is 37.0 Å². The molecule has 0 fully saturated rings. The van der Waals surface area contributed by atoms with Gasteiger partial charge in [-0.3, -0.25) is 9.59 Å². The van der Waals surface area contributed by atoms with E-state index in [2.05, 4.69) is 5.32 Å². The second-order valence-corrected chi connectivity index (χ2v) is 3.43. The fourth-order valence-electron chi connectivity index (χ4n) is 1.29. The van der Waals surface area contributed by atoms with Gasteiger partial charge in [-0.15, -0.1) is 0 Å². The number of hydrogen-bond acceptors (Lipinski definition) is 3. The highest BCUT2D eigenvalue weighted by Gasteiger charge is 2.02. The number of nitrogens with zero attached hydrogens (tertiary/aromatic N) is 1. The Bertz CT molecular complexity index is 347. The number of rotatable bonds is 7. The molecular weight excluding hydrogens is 208 g/mol. The first-order valence-corrected chi connectivity index (χ1v) is 5.13. The summed E-state index contributed by atoms with van der Waals surface area (Å²) in [5, 5.41) is 2.77. The lowest BCUT2D eigenvalue weighted by Crippen LogP contribution is -2.28. The van der Waals surface area contributed by atoms with E-state index in [0.717, 1.165) is 12.7 Å². The summed E-state index contributed by atoms with van der Waals surface area (Å²) in [6, 6.07) is 1.67. The largest absolute Gasteiger partial charge is 0.385 e. The van der Waals surface area contributed by atoms with Crippen molar-refractivity contribution in [1.29, 1.82) is 0 Å². The molecule has 1 aromatic rings. The lowest BCUT2D eigenvalue weighted by atomic mass is 10.4. The Morgan fingerprint density at radius 1 is 1.62 bits per heavy atom. The molecule has 0 aliphatic rings. The average Bonchev–Trinajstić information content (AvgIpc) is 2.72. The van der Waals surface area contributed by atoms with E-state index in [9.17, 15) is 9.59 Å². The number of hydrogen-bond donors (Lipinski definition) is 1. The van der Waals surface area contributed by atoms with Crippen molar-refractivity contribution >= 4 is 12.2 Å². The predicted molar refractivity (Wildman–Crippen MR) is 59.3 cm³/mol. The van der Waals surface area contributed by atoms with Gasteiger partial charge in [-0.1, -0.05) is 0 Å². The average molecular weight is 224 g/mol. The Hall–Kier alpha value is -1.62. The van der Waals surface area contributed by atoms with Gasteiger partial charge in [0, 0.05) is 38.2 Å². The summed E-state index contributed by atoms with van der Waals surface area (Å²) < 4.78 is 6.54. The van der Waals surface area contributed by atoms with Gasteiger partial charge in [0.1, 0.15) is 6.54 Å². The lowest BCUT2D eigenvalue weighted by molar-refractivity contribution is -0.121. The zero-order valence-electron chi connectivity index (χ0n) is 9.31. The number of methoxy groups -OCH3 is 1. The summed E-state index contributed by atoms with van der Waals surface area (Å²) in [4.78, 5) is 21.8. The Morgan fingerprint density at radius 2 is 2.44 bits per heavy atom. The first-order chi connectivity index (χ1) is 7.76. The number of ether oxygens (including phenoxy) is 1. The number of carbonyl (C=O) groups is 2. The highest BCUT2D eigenvalue weighted by molar-refractivity contribution is 5.77. The van der Waals surface area contributed by atoms with Gasteiger partial charge in [0.25, 0.3) is 0 Å². The second-order valence-electron chi connectivity index (χ2n) is 3.43. The van der Waals surface area contributed by atoms with Crippen LogP contribution in [-0.2, 0) is 16.1 Å². The van der Waals surface area contributed by atoms with E-state index in [-0.39, 0.29) is 12.5 Å². The summed E-state index contributed by atoms with van der Waals surface area (Å²) in [5.41, 5.74) is 0.576. The first kappa shape index (κ1) is 12.4. The van der Waals surface area contributed by atoms with E-state index in [1.807, 2.05) is 0 Å². The van der Waals surface area contributed by atoms with Crippen LogP contribution < -0.4 is 5.32 Å². The van der Waals surface area contributed by atoms with Gasteiger partial charge in [0.15, 0.2) is 6.29 Å². The Kier molecular flexibility index (Phi) is 5.28. The van der Waals surface area contributed by atoms with E-state index >= 15 is 0 Å². The van der Waals surface area contributed by atoms with Crippen LogP contribution in [0.5, 0.6) is 0 Å². The summed E-state index contributed by atoms with van der Waals surface area (Å²) >= 11 is 0. The molecule has 0 saturated heterocycles. The Labute approximate surface area is 94.4 Å². The van der Waals surface area contributed by atoms with Crippen molar-refractivity contribution < 1.29 is 14.3 Å². The minimum Gasteiger partial charge on any atom is -0.385 e. The third-order valence-corrected chi connectivity index (χ3v) is 2.08. The second kappa shape index (κ2) is 6.79. The number of nitrogens with one attached hydrogen (secondary N) is 1. The topological polar surface area (TPSA) is 60.3 Å². The van der Waals surface area contributed by atoms with Crippen LogP contribution in [0.2, 0.25) is 0 Å². The van der Waals surface area contributed by atoms with Gasteiger partial charge in [-0.2, -0.15) is 0 Å². The van der Waals surface area contributed by atoms with Gasteiger partial charge >= 0.3 is 0 Å². The molecule has 0 radical (unpaired) electrons. The molecular formula is C11H16N2O3. The minimum atomic E-state index is -0.0656. The van der Waals surface area contributed by atoms with Crippen LogP contribution in [0.1, 0.15) is 16.8 Å². The van der Waals surface area contributed by atoms with Crippen LogP contribution in [0.15, 0.2) is 18.5 Å². The van der Waals surface area contributed by atoms with Crippen LogP contribution in [0.4, 0.5) is 0 Å². The van der Waals surface area contributed by atoms with E-state index in [0.29, 0.717) is 18.7 Å². The molecule has 5 heteroatoms. The van der Waals surface area contributed by atoms with E-state index < -0.39 is 0 Å². The summed E-state index contributed by atoms with van der Waals surface area (Å²) in [7, 11) is 1.63. The standard InChI is InChI=1S/C11H16N2O3/c1-16-6-2-4-12-11(15)8-13-5-3-10(7-13)9-14/h3,5,7,9H,2,4,6,8H2,1H3,(H,12,15). The van der Waals surface area contributed by atoms with Crippen molar-refractivity contribution in [3.8, 4) is 0 Å². The van der Waals surface area contributed by atoms with Crippen LogP contribution in [0.3, 0.4) is 0 Å². The number of aldehydes is 1. The Morgan fingerprint density at radius 3 is 3.06 bits per heavy atom. The molecule has 0 aliphatic heterocycles. The maximum absolute atomic E-state index is 11.4. The van der Waals surface area contributed by atoms with Gasteiger partial charge in [0.05, 0.1) is 0 Å². The third kappa shape index (κ3) is 4.27. The maximum Gasteiger partial charge on any atom is 0.239 e. The molecule has 1 N–H and O–H groups in total. The van der Waals surface area contributed by atoms with Gasteiger partial charge in [0.2, 0.25) is 5.91 Å². The molecule has 0 spiro atoms. The fraction of sp³-hybridized carbons (Fsp3) is 0.455. The molecule has 0 saturated carbocycles. The van der Waals surface area contributed by atoms with Gasteiger partial charge in [-0.25, -0.2) is 0 Å². The smallest absolute Gasteiger partial charge is 0.239 e. The van der Waals surface area contributed by atoms with Crippen molar-refractivity contribution in [1.82, 2.24) is 9.88 Å². The molecule has 1 amide bonds. The Balaban J connectivity index is 2.25. The van der Waals surface area contributed by atoms with E-state index in [1.54, 1.807) is 30.1 Å². The van der Waals surface area contributed by atoms with E-state index in [4.69, 9.17) is 4.74 Å². The van der Waals surface area contributed by atoms with Crippen LogP contribution in [0.25, 0.3) is 0 Å². The van der Waals surface area contributed by atoms with Crippen molar-refractivity contribution in [2.45, 2.75) is 13.0 Å². The van der Waals surface area contributed by atoms with Crippen molar-refractivity contribution in [3.05, 3.63) is 24.0 Å². The summed E-state index contributed by atoms with van der Waals surface area (Å²) in [6.07, 6.45) is 4.90. The lowest BCUT2D eigenvalue weighted by Gasteiger charge is -2.05.